The van der Waals surface area contributed by atoms with Gasteiger partial charge in [-0.1, -0.05) is 12.1 Å². The van der Waals surface area contributed by atoms with E-state index < -0.39 is 37.3 Å². The Morgan fingerprint density at radius 2 is 1.70 bits per heavy atom. The van der Waals surface area contributed by atoms with Gasteiger partial charge in [0.2, 0.25) is 6.29 Å². The quantitative estimate of drug-likeness (QED) is 0.406. The average Bonchev–Trinajstić information content (AvgIpc) is 2.75. The molecule has 0 bridgehead atoms. The molecule has 1 aliphatic heterocycles. The number of hydrogen-bond acceptors (Lipinski definition) is 9. The molecule has 0 spiro atoms. The first-order valence-corrected chi connectivity index (χ1v) is 9.21. The fourth-order valence-electron chi connectivity index (χ4n) is 3.32. The van der Waals surface area contributed by atoms with Crippen molar-refractivity contribution in [2.45, 2.75) is 30.7 Å². The topological polar surface area (TPSA) is 150 Å². The number of benzene rings is 2. The second-order valence-corrected chi connectivity index (χ2v) is 7.00. The van der Waals surface area contributed by atoms with Crippen molar-refractivity contribution in [2.75, 3.05) is 6.61 Å². The van der Waals surface area contributed by atoms with Crippen LogP contribution in [0.25, 0.3) is 22.1 Å². The number of aliphatic hydroxyl groups excluding tert-OH is 4. The van der Waals surface area contributed by atoms with Crippen molar-refractivity contribution in [2.24, 2.45) is 0 Å². The molecular weight excluding hydrogens is 396 g/mol. The van der Waals surface area contributed by atoms with E-state index in [0.717, 1.165) is 0 Å². The molecule has 1 aliphatic rings. The van der Waals surface area contributed by atoms with Crippen LogP contribution >= 0.6 is 0 Å². The number of fused-ring (bicyclic) bond motifs is 1. The molecule has 5 N–H and O–H groups in total. The van der Waals surface area contributed by atoms with Gasteiger partial charge in [0.25, 0.3) is 0 Å². The molecule has 1 fully saturated rings. The highest BCUT2D eigenvalue weighted by molar-refractivity contribution is 5.82. The smallest absolute Gasteiger partial charge is 0.229 e. The van der Waals surface area contributed by atoms with Gasteiger partial charge in [0.05, 0.1) is 17.6 Å². The maximum atomic E-state index is 12.8. The number of phenols is 1. The van der Waals surface area contributed by atoms with E-state index in [9.17, 15) is 30.3 Å². The van der Waals surface area contributed by atoms with Crippen LogP contribution in [0.5, 0.6) is 11.5 Å². The van der Waals surface area contributed by atoms with Gasteiger partial charge >= 0.3 is 0 Å². The van der Waals surface area contributed by atoms with E-state index in [1.54, 1.807) is 12.1 Å². The van der Waals surface area contributed by atoms with Gasteiger partial charge in [-0.2, -0.15) is 0 Å². The summed E-state index contributed by atoms with van der Waals surface area (Å²) in [4.78, 5) is 12.8. The number of hydrogen-bond donors (Lipinski definition) is 5. The fraction of sp³-hybridized carbons (Fsp3) is 0.286. The highest BCUT2D eigenvalue weighted by Crippen LogP contribution is 2.27. The Hall–Kier alpha value is -2.95. The van der Waals surface area contributed by atoms with E-state index in [4.69, 9.17) is 13.9 Å². The van der Waals surface area contributed by atoms with Crippen molar-refractivity contribution >= 4 is 11.0 Å². The molecule has 0 aliphatic carbocycles. The van der Waals surface area contributed by atoms with E-state index in [0.29, 0.717) is 16.5 Å². The lowest BCUT2D eigenvalue weighted by Crippen LogP contribution is -2.60. The number of aliphatic hydroxyl groups is 4. The molecule has 158 valence electrons. The molecule has 0 saturated carbocycles. The van der Waals surface area contributed by atoms with Gasteiger partial charge in [-0.05, 0) is 29.8 Å². The summed E-state index contributed by atoms with van der Waals surface area (Å²) < 4.78 is 16.4. The molecule has 3 aromatic rings. The normalized spacial score (nSPS) is 26.6. The van der Waals surface area contributed by atoms with Crippen LogP contribution in [0.3, 0.4) is 0 Å². The molecule has 1 aromatic heterocycles. The summed E-state index contributed by atoms with van der Waals surface area (Å²) in [6.07, 6.45) is -5.75. The van der Waals surface area contributed by atoms with E-state index in [1.165, 1.54) is 36.6 Å². The van der Waals surface area contributed by atoms with Crippen LogP contribution in [0, 0.1) is 0 Å². The van der Waals surface area contributed by atoms with Crippen molar-refractivity contribution in [1.82, 2.24) is 0 Å². The molecule has 5 atom stereocenters. The Kier molecular flexibility index (Phi) is 5.46. The van der Waals surface area contributed by atoms with Crippen molar-refractivity contribution in [3.05, 3.63) is 59.0 Å². The predicted molar refractivity (Wildman–Crippen MR) is 104 cm³/mol. The molecule has 9 heteroatoms. The van der Waals surface area contributed by atoms with Crippen LogP contribution in [0.1, 0.15) is 0 Å². The van der Waals surface area contributed by atoms with Gasteiger partial charge in [-0.25, -0.2) is 0 Å². The summed E-state index contributed by atoms with van der Waals surface area (Å²) in [6.45, 7) is -0.572. The molecule has 0 radical (unpaired) electrons. The summed E-state index contributed by atoms with van der Waals surface area (Å²) >= 11 is 0. The second kappa shape index (κ2) is 8.05. The van der Waals surface area contributed by atoms with E-state index in [1.807, 2.05) is 0 Å². The summed E-state index contributed by atoms with van der Waals surface area (Å²) in [5.74, 6) is 0.270. The molecule has 0 amide bonds. The summed E-state index contributed by atoms with van der Waals surface area (Å²) in [5, 5.41) is 48.7. The Bertz CT molecular complexity index is 1090. The average molecular weight is 416 g/mol. The second-order valence-electron chi connectivity index (χ2n) is 7.00. The van der Waals surface area contributed by atoms with Crippen molar-refractivity contribution in [1.29, 1.82) is 0 Å². The largest absolute Gasteiger partial charge is 0.508 e. The third kappa shape index (κ3) is 3.64. The fourth-order valence-corrected chi connectivity index (χ4v) is 3.32. The summed E-state index contributed by atoms with van der Waals surface area (Å²) in [7, 11) is 0. The molecular formula is C21H20O9. The first-order chi connectivity index (χ1) is 14.4. The highest BCUT2D eigenvalue weighted by atomic mass is 16.7. The zero-order valence-corrected chi connectivity index (χ0v) is 15.6. The molecule has 2 aromatic carbocycles. The number of rotatable bonds is 4. The van der Waals surface area contributed by atoms with Crippen LogP contribution in [0.4, 0.5) is 0 Å². The monoisotopic (exact) mass is 416 g/mol. The third-order valence-electron chi connectivity index (χ3n) is 5.03. The number of aromatic hydroxyl groups is 1. The minimum absolute atomic E-state index is 0.0823. The van der Waals surface area contributed by atoms with Gasteiger partial charge in [0.15, 0.2) is 5.43 Å². The van der Waals surface area contributed by atoms with Gasteiger partial charge < -0.3 is 39.4 Å². The maximum absolute atomic E-state index is 12.8. The molecule has 2 unspecified atom stereocenters. The van der Waals surface area contributed by atoms with Gasteiger partial charge in [-0.15, -0.1) is 0 Å². The lowest BCUT2D eigenvalue weighted by molar-refractivity contribution is -0.277. The lowest BCUT2D eigenvalue weighted by Gasteiger charge is -2.39. The van der Waals surface area contributed by atoms with Gasteiger partial charge in [-0.3, -0.25) is 4.79 Å². The minimum Gasteiger partial charge on any atom is -0.508 e. The zero-order valence-electron chi connectivity index (χ0n) is 15.6. The van der Waals surface area contributed by atoms with Crippen LogP contribution in [-0.4, -0.2) is 62.8 Å². The molecule has 9 nitrogen and oxygen atoms in total. The van der Waals surface area contributed by atoms with Crippen LogP contribution in [-0.2, 0) is 4.74 Å². The maximum Gasteiger partial charge on any atom is 0.229 e. The third-order valence-corrected chi connectivity index (χ3v) is 5.03. The highest BCUT2D eigenvalue weighted by Gasteiger charge is 2.44. The predicted octanol–water partition coefficient (Wildman–Crippen LogP) is 0.344. The van der Waals surface area contributed by atoms with E-state index >= 15 is 0 Å². The Balaban J connectivity index is 1.62. The number of phenolic OH excluding ortho intramolecular Hbond substituents is 1. The Labute approximate surface area is 170 Å². The Morgan fingerprint density at radius 1 is 0.967 bits per heavy atom. The van der Waals surface area contributed by atoms with Gasteiger partial charge in [0.1, 0.15) is 47.8 Å². The molecule has 4 rings (SSSR count). The molecule has 1 saturated heterocycles. The summed E-state index contributed by atoms with van der Waals surface area (Å²) in [5.41, 5.74) is 0.862. The lowest BCUT2D eigenvalue weighted by atomic mass is 9.99. The van der Waals surface area contributed by atoms with Crippen LogP contribution in [0.15, 0.2) is 57.9 Å². The van der Waals surface area contributed by atoms with Crippen LogP contribution < -0.4 is 10.2 Å². The first-order valence-electron chi connectivity index (χ1n) is 9.21. The SMILES string of the molecule is O=c1c(-c2ccc(O)cc2)coc2cc(O[C@@H]3OC(CO)[C@@H](O)C(O)[C@@H]3O)ccc12. The summed E-state index contributed by atoms with van der Waals surface area (Å²) in [6, 6.07) is 10.5. The van der Waals surface area contributed by atoms with Crippen molar-refractivity contribution in [3.63, 3.8) is 0 Å². The van der Waals surface area contributed by atoms with E-state index in [-0.39, 0.29) is 22.5 Å². The van der Waals surface area contributed by atoms with E-state index in [2.05, 4.69) is 0 Å². The minimum atomic E-state index is -1.56. The van der Waals surface area contributed by atoms with Crippen molar-refractivity contribution < 1.29 is 39.4 Å². The first kappa shape index (κ1) is 20.3. The van der Waals surface area contributed by atoms with Crippen LogP contribution in [0.2, 0.25) is 0 Å². The molecule has 2 heterocycles. The number of ether oxygens (including phenoxy) is 2. The molecule has 30 heavy (non-hydrogen) atoms. The zero-order chi connectivity index (χ0) is 21.4. The van der Waals surface area contributed by atoms with Gasteiger partial charge in [0, 0.05) is 6.07 Å². The van der Waals surface area contributed by atoms with Crippen molar-refractivity contribution in [3.8, 4) is 22.6 Å². The Morgan fingerprint density at radius 3 is 2.40 bits per heavy atom. The standard InChI is InChI=1S/C21H20O9/c22-8-16-18(25)19(26)20(27)21(30-16)29-12-5-6-13-15(7-12)28-9-14(17(13)24)10-1-3-11(23)4-2-10/h1-7,9,16,18-23,25-27H,8H2/t16?,18-,19?,20+,21-/m1/s1.